The standard InChI is InChI=1S/C21H28ClNO2S/c1-3-21(25-2,17-26(24)20-10-5-4-6-11-20)13-15-23-14-12-18-8-7-9-19(22)16-18/h4-11,16,23H,3,12-15,17H2,1-2H3. The van der Waals surface area contributed by atoms with Crippen molar-refractivity contribution in [3.05, 3.63) is 65.2 Å². The zero-order chi connectivity index (χ0) is 18.8. The van der Waals surface area contributed by atoms with Crippen LogP contribution in [0.15, 0.2) is 59.5 Å². The average Bonchev–Trinajstić information content (AvgIpc) is 2.67. The van der Waals surface area contributed by atoms with Crippen LogP contribution in [0.3, 0.4) is 0 Å². The SMILES string of the molecule is CCC(CCNCCc1cccc(Cl)c1)(CS(=O)c1ccccc1)OC. The first-order valence-corrected chi connectivity index (χ1v) is 10.7. The van der Waals surface area contributed by atoms with Gasteiger partial charge >= 0.3 is 0 Å². The van der Waals surface area contributed by atoms with Crippen LogP contribution < -0.4 is 5.32 Å². The van der Waals surface area contributed by atoms with E-state index in [-0.39, 0.29) is 5.60 Å². The van der Waals surface area contributed by atoms with E-state index in [1.165, 1.54) is 5.56 Å². The van der Waals surface area contributed by atoms with Crippen molar-refractivity contribution in [2.75, 3.05) is 26.0 Å². The van der Waals surface area contributed by atoms with Crippen molar-refractivity contribution in [1.82, 2.24) is 5.32 Å². The van der Waals surface area contributed by atoms with Crippen LogP contribution in [0.4, 0.5) is 0 Å². The summed E-state index contributed by atoms with van der Waals surface area (Å²) in [6.45, 7) is 3.80. The van der Waals surface area contributed by atoms with E-state index in [1.54, 1.807) is 7.11 Å². The Balaban J connectivity index is 1.82. The van der Waals surface area contributed by atoms with Crippen LogP contribution in [0, 0.1) is 0 Å². The summed E-state index contributed by atoms with van der Waals surface area (Å²) in [6.07, 6.45) is 2.59. The number of benzene rings is 2. The van der Waals surface area contributed by atoms with E-state index in [4.69, 9.17) is 16.3 Å². The Morgan fingerprint density at radius 1 is 1.12 bits per heavy atom. The Hall–Kier alpha value is -1.20. The van der Waals surface area contributed by atoms with Crippen LogP contribution in [0.25, 0.3) is 0 Å². The molecule has 0 saturated heterocycles. The molecule has 0 aliphatic rings. The molecule has 142 valence electrons. The van der Waals surface area contributed by atoms with Crippen molar-refractivity contribution in [2.24, 2.45) is 0 Å². The molecule has 0 aliphatic carbocycles. The highest BCUT2D eigenvalue weighted by Gasteiger charge is 2.30. The largest absolute Gasteiger partial charge is 0.377 e. The second-order valence-corrected chi connectivity index (χ2v) is 8.31. The topological polar surface area (TPSA) is 38.3 Å². The molecule has 0 radical (unpaired) electrons. The van der Waals surface area contributed by atoms with Gasteiger partial charge < -0.3 is 10.1 Å². The summed E-state index contributed by atoms with van der Waals surface area (Å²) in [6, 6.07) is 17.6. The Morgan fingerprint density at radius 3 is 2.54 bits per heavy atom. The van der Waals surface area contributed by atoms with Gasteiger partial charge in [-0.2, -0.15) is 0 Å². The first-order valence-electron chi connectivity index (χ1n) is 9.02. The molecule has 2 aromatic carbocycles. The molecule has 2 unspecified atom stereocenters. The van der Waals surface area contributed by atoms with Crippen molar-refractivity contribution in [2.45, 2.75) is 36.7 Å². The van der Waals surface area contributed by atoms with Gasteiger partial charge in [-0.1, -0.05) is 48.9 Å². The van der Waals surface area contributed by atoms with Gasteiger partial charge in [0.1, 0.15) is 0 Å². The quantitative estimate of drug-likeness (QED) is 0.572. The van der Waals surface area contributed by atoms with Crippen molar-refractivity contribution in [1.29, 1.82) is 0 Å². The summed E-state index contributed by atoms with van der Waals surface area (Å²) in [7, 11) is 0.660. The summed E-state index contributed by atoms with van der Waals surface area (Å²) < 4.78 is 18.5. The zero-order valence-corrected chi connectivity index (χ0v) is 17.1. The molecule has 2 rings (SSSR count). The third-order valence-electron chi connectivity index (χ3n) is 4.71. The van der Waals surface area contributed by atoms with Crippen molar-refractivity contribution in [3.8, 4) is 0 Å². The number of halogens is 1. The van der Waals surface area contributed by atoms with Crippen molar-refractivity contribution in [3.63, 3.8) is 0 Å². The van der Waals surface area contributed by atoms with Crippen LogP contribution >= 0.6 is 11.6 Å². The number of nitrogens with one attached hydrogen (secondary N) is 1. The number of ether oxygens (including phenoxy) is 1. The zero-order valence-electron chi connectivity index (χ0n) is 15.5. The average molecular weight is 394 g/mol. The van der Waals surface area contributed by atoms with Gasteiger partial charge in [-0.05, 0) is 62.2 Å². The fourth-order valence-corrected chi connectivity index (χ4v) is 4.70. The third-order valence-corrected chi connectivity index (χ3v) is 6.54. The molecule has 2 aromatic rings. The molecule has 1 N–H and O–H groups in total. The summed E-state index contributed by atoms with van der Waals surface area (Å²) >= 11 is 6.02. The van der Waals surface area contributed by atoms with Gasteiger partial charge in [0.05, 0.1) is 22.2 Å². The first kappa shape index (κ1) is 21.1. The lowest BCUT2D eigenvalue weighted by atomic mass is 9.98. The fourth-order valence-electron chi connectivity index (χ4n) is 2.92. The molecule has 0 saturated carbocycles. The highest BCUT2D eigenvalue weighted by molar-refractivity contribution is 7.85. The van der Waals surface area contributed by atoms with Crippen LogP contribution in [-0.2, 0) is 22.0 Å². The highest BCUT2D eigenvalue weighted by Crippen LogP contribution is 2.23. The van der Waals surface area contributed by atoms with E-state index < -0.39 is 10.8 Å². The molecule has 0 amide bonds. The smallest absolute Gasteiger partial charge is 0.0806 e. The third kappa shape index (κ3) is 6.51. The molecular weight excluding hydrogens is 366 g/mol. The maximum Gasteiger partial charge on any atom is 0.0806 e. The predicted molar refractivity (Wildman–Crippen MR) is 110 cm³/mol. The minimum absolute atomic E-state index is 0.371. The summed E-state index contributed by atoms with van der Waals surface area (Å²) in [4.78, 5) is 0.858. The van der Waals surface area contributed by atoms with E-state index in [0.29, 0.717) is 5.75 Å². The van der Waals surface area contributed by atoms with Gasteiger partial charge in [0.25, 0.3) is 0 Å². The Morgan fingerprint density at radius 2 is 1.88 bits per heavy atom. The molecule has 0 spiro atoms. The number of methoxy groups -OCH3 is 1. The highest BCUT2D eigenvalue weighted by atomic mass is 35.5. The van der Waals surface area contributed by atoms with E-state index in [9.17, 15) is 4.21 Å². The van der Waals surface area contributed by atoms with Gasteiger partial charge in [0.2, 0.25) is 0 Å². The minimum atomic E-state index is -1.06. The van der Waals surface area contributed by atoms with E-state index in [2.05, 4.69) is 18.3 Å². The van der Waals surface area contributed by atoms with Crippen LogP contribution in [0.2, 0.25) is 5.02 Å². The molecular formula is C21H28ClNO2S. The molecule has 0 aromatic heterocycles. The lowest BCUT2D eigenvalue weighted by Crippen LogP contribution is -2.40. The van der Waals surface area contributed by atoms with E-state index in [0.717, 1.165) is 42.3 Å². The summed E-state index contributed by atoms with van der Waals surface area (Å²) in [5.41, 5.74) is 0.854. The summed E-state index contributed by atoms with van der Waals surface area (Å²) in [5.74, 6) is 0.514. The second kappa shape index (κ2) is 10.8. The Kier molecular flexibility index (Phi) is 8.79. The van der Waals surface area contributed by atoms with E-state index in [1.807, 2.05) is 48.5 Å². The molecule has 2 atom stereocenters. The predicted octanol–water partition coefficient (Wildman–Crippen LogP) is 4.47. The Labute approximate surface area is 164 Å². The lowest BCUT2D eigenvalue weighted by Gasteiger charge is -2.31. The monoisotopic (exact) mass is 393 g/mol. The summed E-state index contributed by atoms with van der Waals surface area (Å²) in [5, 5.41) is 4.24. The van der Waals surface area contributed by atoms with Gasteiger partial charge in [-0.3, -0.25) is 4.21 Å². The molecule has 26 heavy (non-hydrogen) atoms. The molecule has 3 nitrogen and oxygen atoms in total. The maximum absolute atomic E-state index is 12.7. The van der Waals surface area contributed by atoms with Crippen LogP contribution in [-0.4, -0.2) is 35.8 Å². The van der Waals surface area contributed by atoms with Crippen molar-refractivity contribution < 1.29 is 8.95 Å². The minimum Gasteiger partial charge on any atom is -0.377 e. The van der Waals surface area contributed by atoms with Gasteiger partial charge in [0, 0.05) is 17.0 Å². The van der Waals surface area contributed by atoms with Gasteiger partial charge in [-0.15, -0.1) is 0 Å². The number of hydrogen-bond acceptors (Lipinski definition) is 3. The molecule has 0 fully saturated rings. The van der Waals surface area contributed by atoms with Crippen molar-refractivity contribution >= 4 is 22.4 Å². The molecule has 0 heterocycles. The number of rotatable bonds is 11. The van der Waals surface area contributed by atoms with E-state index >= 15 is 0 Å². The molecule has 0 aliphatic heterocycles. The Bertz CT molecular complexity index is 689. The van der Waals surface area contributed by atoms with Gasteiger partial charge in [0.15, 0.2) is 0 Å². The van der Waals surface area contributed by atoms with Crippen LogP contribution in [0.1, 0.15) is 25.3 Å². The molecule has 0 bridgehead atoms. The van der Waals surface area contributed by atoms with Gasteiger partial charge in [-0.25, -0.2) is 0 Å². The number of hydrogen-bond donors (Lipinski definition) is 1. The normalized spacial score (nSPS) is 14.7. The fraction of sp³-hybridized carbons (Fsp3) is 0.429. The van der Waals surface area contributed by atoms with Crippen LogP contribution in [0.5, 0.6) is 0 Å². The lowest BCUT2D eigenvalue weighted by molar-refractivity contribution is -0.000111. The second-order valence-electron chi connectivity index (χ2n) is 6.42. The maximum atomic E-state index is 12.7. The molecule has 5 heteroatoms. The first-order chi connectivity index (χ1) is 12.6.